The fourth-order valence-electron chi connectivity index (χ4n) is 1.53. The van der Waals surface area contributed by atoms with E-state index in [0.717, 1.165) is 0 Å². The van der Waals surface area contributed by atoms with E-state index >= 15 is 0 Å². The highest BCUT2D eigenvalue weighted by Gasteiger charge is 2.34. The minimum atomic E-state index is -1.28. The molecule has 0 aliphatic carbocycles. The number of aliphatic hydroxyl groups excluding tert-OH is 1. The van der Waals surface area contributed by atoms with E-state index in [0.29, 0.717) is 6.61 Å². The van der Waals surface area contributed by atoms with Crippen molar-refractivity contribution in [1.82, 2.24) is 5.32 Å². The summed E-state index contributed by atoms with van der Waals surface area (Å²) in [6, 6.07) is 0. The summed E-state index contributed by atoms with van der Waals surface area (Å²) < 4.78 is 11.1. The minimum absolute atomic E-state index is 0.276. The molecule has 1 unspecified atom stereocenters. The fraction of sp³-hybridized carbons (Fsp3) is 0.933. The molecule has 0 saturated heterocycles. The van der Waals surface area contributed by atoms with Crippen molar-refractivity contribution >= 4 is 5.91 Å². The zero-order chi connectivity index (χ0) is 16.9. The standard InChI is InChI=1S/C15H31NO5/c1-13(2,21-10-14(3,4)20-7)9-16-12(18)11(8-17)15(5,6)19/h11,17,19H,8-10H2,1-7H3,(H,16,18). The fourth-order valence-corrected chi connectivity index (χ4v) is 1.53. The smallest absolute Gasteiger partial charge is 0.228 e. The van der Waals surface area contributed by atoms with Crippen LogP contribution in [0, 0.1) is 5.92 Å². The normalized spacial score (nSPS) is 14.9. The molecule has 0 aromatic carbocycles. The van der Waals surface area contributed by atoms with Gasteiger partial charge in [-0.05, 0) is 41.5 Å². The summed E-state index contributed by atoms with van der Waals surface area (Å²) in [6.07, 6.45) is 0. The molecule has 0 aromatic rings. The molecule has 126 valence electrons. The van der Waals surface area contributed by atoms with Crippen molar-refractivity contribution < 1.29 is 24.5 Å². The summed E-state index contributed by atoms with van der Waals surface area (Å²) in [5, 5.41) is 21.8. The van der Waals surface area contributed by atoms with Crippen LogP contribution < -0.4 is 5.32 Å². The van der Waals surface area contributed by atoms with Crippen molar-refractivity contribution in [2.75, 3.05) is 26.9 Å². The lowest BCUT2D eigenvalue weighted by molar-refractivity contribution is -0.138. The van der Waals surface area contributed by atoms with Crippen LogP contribution in [0.3, 0.4) is 0 Å². The van der Waals surface area contributed by atoms with Gasteiger partial charge in [-0.1, -0.05) is 0 Å². The van der Waals surface area contributed by atoms with Gasteiger partial charge in [0, 0.05) is 13.7 Å². The molecule has 0 saturated carbocycles. The molecular weight excluding hydrogens is 274 g/mol. The molecule has 1 amide bonds. The van der Waals surface area contributed by atoms with Crippen LogP contribution in [0.5, 0.6) is 0 Å². The first kappa shape index (κ1) is 20.3. The first-order chi connectivity index (χ1) is 9.34. The number of methoxy groups -OCH3 is 1. The van der Waals surface area contributed by atoms with E-state index in [4.69, 9.17) is 9.47 Å². The molecule has 0 aliphatic rings. The number of rotatable bonds is 9. The van der Waals surface area contributed by atoms with E-state index < -0.39 is 35.2 Å². The van der Waals surface area contributed by atoms with Crippen LogP contribution in [-0.4, -0.2) is 59.8 Å². The monoisotopic (exact) mass is 305 g/mol. The molecular formula is C15H31NO5. The van der Waals surface area contributed by atoms with Gasteiger partial charge in [0.15, 0.2) is 0 Å². The molecule has 0 bridgehead atoms. The van der Waals surface area contributed by atoms with Crippen molar-refractivity contribution in [2.24, 2.45) is 5.92 Å². The number of carbonyl (C=O) groups is 1. The highest BCUT2D eigenvalue weighted by molar-refractivity contribution is 5.79. The molecule has 3 N–H and O–H groups in total. The van der Waals surface area contributed by atoms with Crippen molar-refractivity contribution in [3.8, 4) is 0 Å². The molecule has 6 nitrogen and oxygen atoms in total. The Morgan fingerprint density at radius 2 is 1.67 bits per heavy atom. The molecule has 0 fully saturated rings. The van der Waals surface area contributed by atoms with E-state index in [1.807, 2.05) is 27.7 Å². The lowest BCUT2D eigenvalue weighted by Crippen LogP contribution is -2.49. The number of ether oxygens (including phenoxy) is 2. The molecule has 0 radical (unpaired) electrons. The summed E-state index contributed by atoms with van der Waals surface area (Å²) in [7, 11) is 1.62. The van der Waals surface area contributed by atoms with Crippen LogP contribution in [0.25, 0.3) is 0 Å². The van der Waals surface area contributed by atoms with Gasteiger partial charge in [0.25, 0.3) is 0 Å². The Bertz CT molecular complexity index is 333. The average Bonchev–Trinajstić information content (AvgIpc) is 2.34. The summed E-state index contributed by atoms with van der Waals surface area (Å²) in [6.45, 7) is 10.8. The van der Waals surface area contributed by atoms with E-state index in [9.17, 15) is 15.0 Å². The third-order valence-electron chi connectivity index (χ3n) is 3.40. The average molecular weight is 305 g/mol. The molecule has 0 heterocycles. The third-order valence-corrected chi connectivity index (χ3v) is 3.40. The Balaban J connectivity index is 4.45. The summed E-state index contributed by atoms with van der Waals surface area (Å²) >= 11 is 0. The van der Waals surface area contributed by atoms with Gasteiger partial charge in [0.1, 0.15) is 0 Å². The van der Waals surface area contributed by atoms with Gasteiger partial charge in [-0.3, -0.25) is 4.79 Å². The van der Waals surface area contributed by atoms with E-state index in [1.54, 1.807) is 7.11 Å². The SMILES string of the molecule is COC(C)(C)COC(C)(C)CNC(=O)C(CO)C(C)(C)O. The van der Waals surface area contributed by atoms with Crippen molar-refractivity contribution in [3.05, 3.63) is 0 Å². The molecule has 0 rings (SSSR count). The quantitative estimate of drug-likeness (QED) is 0.584. The van der Waals surface area contributed by atoms with Gasteiger partial charge in [0.2, 0.25) is 5.91 Å². The van der Waals surface area contributed by atoms with E-state index in [2.05, 4.69) is 5.32 Å². The maximum atomic E-state index is 12.0. The second kappa shape index (κ2) is 7.54. The van der Waals surface area contributed by atoms with Crippen LogP contribution in [0.15, 0.2) is 0 Å². The number of aliphatic hydroxyl groups is 2. The Hall–Kier alpha value is -0.690. The van der Waals surface area contributed by atoms with Crippen molar-refractivity contribution in [2.45, 2.75) is 58.3 Å². The summed E-state index contributed by atoms with van der Waals surface area (Å²) in [5.41, 5.74) is -2.26. The molecule has 6 heteroatoms. The van der Waals surface area contributed by atoms with Gasteiger partial charge in [-0.25, -0.2) is 0 Å². The van der Waals surface area contributed by atoms with Crippen LogP contribution in [-0.2, 0) is 14.3 Å². The highest BCUT2D eigenvalue weighted by atomic mass is 16.5. The second-order valence-electron chi connectivity index (χ2n) is 7.12. The second-order valence-corrected chi connectivity index (χ2v) is 7.12. The lowest BCUT2D eigenvalue weighted by Gasteiger charge is -2.32. The molecule has 21 heavy (non-hydrogen) atoms. The van der Waals surface area contributed by atoms with Crippen molar-refractivity contribution in [1.29, 1.82) is 0 Å². The molecule has 0 spiro atoms. The zero-order valence-corrected chi connectivity index (χ0v) is 14.3. The molecule has 0 aliphatic heterocycles. The molecule has 0 aromatic heterocycles. The van der Waals surface area contributed by atoms with Crippen LogP contribution in [0.2, 0.25) is 0 Å². The van der Waals surface area contributed by atoms with Crippen molar-refractivity contribution in [3.63, 3.8) is 0 Å². The van der Waals surface area contributed by atoms with Gasteiger partial charge in [-0.15, -0.1) is 0 Å². The Labute approximate surface area is 127 Å². The number of amides is 1. The Morgan fingerprint density at radius 1 is 1.14 bits per heavy atom. The number of carbonyl (C=O) groups excluding carboxylic acids is 1. The van der Waals surface area contributed by atoms with Gasteiger partial charge >= 0.3 is 0 Å². The highest BCUT2D eigenvalue weighted by Crippen LogP contribution is 2.18. The summed E-state index contributed by atoms with van der Waals surface area (Å²) in [4.78, 5) is 12.0. The Kier molecular flexibility index (Phi) is 7.29. The summed E-state index contributed by atoms with van der Waals surface area (Å²) in [5.74, 6) is -1.27. The first-order valence-electron chi connectivity index (χ1n) is 7.15. The van der Waals surface area contributed by atoms with Gasteiger partial charge in [-0.2, -0.15) is 0 Å². The largest absolute Gasteiger partial charge is 0.395 e. The zero-order valence-electron chi connectivity index (χ0n) is 14.3. The topological polar surface area (TPSA) is 88.0 Å². The predicted octanol–water partition coefficient (Wildman–Crippen LogP) is 0.702. The lowest BCUT2D eigenvalue weighted by atomic mass is 9.91. The maximum absolute atomic E-state index is 12.0. The van der Waals surface area contributed by atoms with E-state index in [1.165, 1.54) is 13.8 Å². The first-order valence-corrected chi connectivity index (χ1v) is 7.15. The number of hydrogen-bond donors (Lipinski definition) is 3. The molecule has 1 atom stereocenters. The van der Waals surface area contributed by atoms with Crippen LogP contribution in [0.4, 0.5) is 0 Å². The van der Waals surface area contributed by atoms with Crippen LogP contribution >= 0.6 is 0 Å². The van der Waals surface area contributed by atoms with Crippen LogP contribution in [0.1, 0.15) is 41.5 Å². The number of hydrogen-bond acceptors (Lipinski definition) is 5. The predicted molar refractivity (Wildman–Crippen MR) is 81.0 cm³/mol. The Morgan fingerprint density at radius 3 is 2.05 bits per heavy atom. The van der Waals surface area contributed by atoms with Gasteiger partial charge in [0.05, 0.1) is 35.9 Å². The number of nitrogens with one attached hydrogen (secondary N) is 1. The van der Waals surface area contributed by atoms with Gasteiger partial charge < -0.3 is 25.0 Å². The third kappa shape index (κ3) is 7.76. The minimum Gasteiger partial charge on any atom is -0.395 e. The maximum Gasteiger partial charge on any atom is 0.228 e. The van der Waals surface area contributed by atoms with E-state index in [-0.39, 0.29) is 6.54 Å².